The van der Waals surface area contributed by atoms with Gasteiger partial charge in [0.25, 0.3) is 5.69 Å². The molecule has 24 heavy (non-hydrogen) atoms. The van der Waals surface area contributed by atoms with E-state index in [0.717, 1.165) is 5.56 Å². The summed E-state index contributed by atoms with van der Waals surface area (Å²) >= 11 is 0. The van der Waals surface area contributed by atoms with E-state index in [0.29, 0.717) is 5.75 Å². The van der Waals surface area contributed by atoms with Crippen LogP contribution in [0, 0.1) is 10.1 Å². The molecule has 0 unspecified atom stereocenters. The van der Waals surface area contributed by atoms with Gasteiger partial charge in [0, 0.05) is 18.2 Å². The Labute approximate surface area is 138 Å². The number of hydrogen-bond donors (Lipinski definition) is 0. The van der Waals surface area contributed by atoms with E-state index in [1.165, 1.54) is 30.3 Å². The summed E-state index contributed by atoms with van der Waals surface area (Å²) in [5, 5.41) is 10.5. The third kappa shape index (κ3) is 5.10. The standard InChI is InChI=1S/C18H15NO5/c1-2-13-23-16-8-3-14(4-9-16)5-12-18(20)24-17-10-6-15(7-11-17)19(21)22/h2-13H,1H3/b12-5+,13-2-. The minimum Gasteiger partial charge on any atom is -0.465 e. The number of nitro groups is 1. The van der Waals surface area contributed by atoms with Crippen molar-refractivity contribution >= 4 is 17.7 Å². The van der Waals surface area contributed by atoms with Crippen molar-refractivity contribution in [3.63, 3.8) is 0 Å². The van der Waals surface area contributed by atoms with Crippen LogP contribution >= 0.6 is 0 Å². The lowest BCUT2D eigenvalue weighted by atomic mass is 10.2. The van der Waals surface area contributed by atoms with Crippen LogP contribution in [0.2, 0.25) is 0 Å². The van der Waals surface area contributed by atoms with Gasteiger partial charge < -0.3 is 9.47 Å². The molecule has 2 aromatic carbocycles. The van der Waals surface area contributed by atoms with E-state index in [4.69, 9.17) is 9.47 Å². The minimum atomic E-state index is -0.571. The fourth-order valence-electron chi connectivity index (χ4n) is 1.75. The second kappa shape index (κ2) is 8.28. The summed E-state index contributed by atoms with van der Waals surface area (Å²) in [6.45, 7) is 1.85. The number of carbonyl (C=O) groups is 1. The van der Waals surface area contributed by atoms with Gasteiger partial charge in [-0.25, -0.2) is 4.79 Å². The SMILES string of the molecule is C/C=C\Oc1ccc(/C=C/C(=O)Oc2ccc([N+](=O)[O-])cc2)cc1. The van der Waals surface area contributed by atoms with Crippen LogP contribution in [0.1, 0.15) is 12.5 Å². The van der Waals surface area contributed by atoms with Gasteiger partial charge in [0.1, 0.15) is 11.5 Å². The van der Waals surface area contributed by atoms with Crippen LogP contribution < -0.4 is 9.47 Å². The summed E-state index contributed by atoms with van der Waals surface area (Å²) < 4.78 is 10.4. The first-order valence-corrected chi connectivity index (χ1v) is 7.11. The second-order valence-electron chi connectivity index (χ2n) is 4.66. The molecule has 0 fully saturated rings. The largest absolute Gasteiger partial charge is 0.465 e. The number of rotatable bonds is 6. The number of ether oxygens (including phenoxy) is 2. The van der Waals surface area contributed by atoms with Gasteiger partial charge in [-0.15, -0.1) is 0 Å². The quantitative estimate of drug-likeness (QED) is 0.199. The first-order valence-electron chi connectivity index (χ1n) is 7.11. The lowest BCUT2D eigenvalue weighted by molar-refractivity contribution is -0.384. The van der Waals surface area contributed by atoms with Crippen LogP contribution in [0.25, 0.3) is 6.08 Å². The first-order chi connectivity index (χ1) is 11.6. The van der Waals surface area contributed by atoms with E-state index < -0.39 is 10.9 Å². The second-order valence-corrected chi connectivity index (χ2v) is 4.66. The molecule has 0 atom stereocenters. The highest BCUT2D eigenvalue weighted by Gasteiger charge is 2.06. The fourth-order valence-corrected chi connectivity index (χ4v) is 1.75. The van der Waals surface area contributed by atoms with Gasteiger partial charge in [-0.05, 0) is 42.8 Å². The van der Waals surface area contributed by atoms with Crippen LogP contribution in [-0.4, -0.2) is 10.9 Å². The number of hydrogen-bond acceptors (Lipinski definition) is 5. The lowest BCUT2D eigenvalue weighted by Crippen LogP contribution is -2.03. The van der Waals surface area contributed by atoms with Gasteiger partial charge in [-0.2, -0.15) is 0 Å². The van der Waals surface area contributed by atoms with Gasteiger partial charge in [-0.1, -0.05) is 18.2 Å². The molecule has 0 aliphatic rings. The summed E-state index contributed by atoms with van der Waals surface area (Å²) in [5.74, 6) is 0.363. The molecule has 0 heterocycles. The summed E-state index contributed by atoms with van der Waals surface area (Å²) in [6.07, 6.45) is 6.24. The number of nitro benzene ring substituents is 1. The zero-order valence-electron chi connectivity index (χ0n) is 12.9. The van der Waals surface area contributed by atoms with E-state index in [1.807, 2.05) is 6.92 Å². The fraction of sp³-hybridized carbons (Fsp3) is 0.0556. The van der Waals surface area contributed by atoms with Crippen molar-refractivity contribution in [3.05, 3.63) is 82.6 Å². The molecular formula is C18H15NO5. The van der Waals surface area contributed by atoms with E-state index in [9.17, 15) is 14.9 Å². The Bertz CT molecular complexity index is 761. The Morgan fingerprint density at radius 2 is 1.67 bits per heavy atom. The molecule has 0 saturated heterocycles. The van der Waals surface area contributed by atoms with Crippen molar-refractivity contribution in [1.82, 2.24) is 0 Å². The maximum Gasteiger partial charge on any atom is 0.336 e. The molecule has 0 N–H and O–H groups in total. The molecule has 0 radical (unpaired) electrons. The molecule has 0 saturated carbocycles. The van der Waals surface area contributed by atoms with Crippen LogP contribution in [0.4, 0.5) is 5.69 Å². The number of benzene rings is 2. The van der Waals surface area contributed by atoms with Gasteiger partial charge >= 0.3 is 5.97 Å². The predicted octanol–water partition coefficient (Wildman–Crippen LogP) is 4.13. The normalized spacial score (nSPS) is 10.9. The maximum absolute atomic E-state index is 11.7. The molecule has 0 aliphatic carbocycles. The molecule has 2 aromatic rings. The molecule has 0 amide bonds. The zero-order valence-corrected chi connectivity index (χ0v) is 12.9. The molecule has 2 rings (SSSR count). The van der Waals surface area contributed by atoms with Crippen molar-refractivity contribution in [2.24, 2.45) is 0 Å². The van der Waals surface area contributed by atoms with Crippen molar-refractivity contribution in [3.8, 4) is 11.5 Å². The Morgan fingerprint density at radius 1 is 1.04 bits per heavy atom. The third-order valence-corrected chi connectivity index (χ3v) is 2.90. The summed E-state index contributed by atoms with van der Waals surface area (Å²) in [4.78, 5) is 21.8. The number of carbonyl (C=O) groups excluding carboxylic acids is 1. The molecule has 6 heteroatoms. The monoisotopic (exact) mass is 325 g/mol. The average Bonchev–Trinajstić information content (AvgIpc) is 2.59. The Kier molecular flexibility index (Phi) is 5.85. The van der Waals surface area contributed by atoms with Gasteiger partial charge in [0.05, 0.1) is 11.2 Å². The van der Waals surface area contributed by atoms with Crippen LogP contribution in [0.3, 0.4) is 0 Å². The maximum atomic E-state index is 11.7. The Hall–Kier alpha value is -3.41. The van der Waals surface area contributed by atoms with E-state index in [-0.39, 0.29) is 11.4 Å². The average molecular weight is 325 g/mol. The first kappa shape index (κ1) is 17.0. The molecule has 6 nitrogen and oxygen atoms in total. The number of allylic oxidation sites excluding steroid dienone is 1. The van der Waals surface area contributed by atoms with Crippen LogP contribution in [0.5, 0.6) is 11.5 Å². The predicted molar refractivity (Wildman–Crippen MR) is 89.6 cm³/mol. The molecule has 0 bridgehead atoms. The van der Waals surface area contributed by atoms with E-state index >= 15 is 0 Å². The molecule has 0 spiro atoms. The highest BCUT2D eigenvalue weighted by Crippen LogP contribution is 2.18. The molecule has 0 aromatic heterocycles. The van der Waals surface area contributed by atoms with Gasteiger partial charge in [0.2, 0.25) is 0 Å². The summed E-state index contributed by atoms with van der Waals surface area (Å²) in [7, 11) is 0. The number of nitrogens with zero attached hydrogens (tertiary/aromatic N) is 1. The van der Waals surface area contributed by atoms with Crippen molar-refractivity contribution in [2.45, 2.75) is 6.92 Å². The summed E-state index contributed by atoms with van der Waals surface area (Å²) in [6, 6.07) is 12.5. The van der Waals surface area contributed by atoms with Crippen molar-refractivity contribution < 1.29 is 19.2 Å². The van der Waals surface area contributed by atoms with Crippen molar-refractivity contribution in [2.75, 3.05) is 0 Å². The van der Waals surface area contributed by atoms with Crippen LogP contribution in [0.15, 0.2) is 66.9 Å². The van der Waals surface area contributed by atoms with E-state index in [1.54, 1.807) is 42.7 Å². The smallest absolute Gasteiger partial charge is 0.336 e. The van der Waals surface area contributed by atoms with Crippen molar-refractivity contribution in [1.29, 1.82) is 0 Å². The van der Waals surface area contributed by atoms with Gasteiger partial charge in [0.15, 0.2) is 0 Å². The summed E-state index contributed by atoms with van der Waals surface area (Å²) in [5.41, 5.74) is 0.744. The molecule has 122 valence electrons. The number of esters is 1. The minimum absolute atomic E-state index is 0.0643. The zero-order chi connectivity index (χ0) is 17.4. The van der Waals surface area contributed by atoms with Gasteiger partial charge in [-0.3, -0.25) is 10.1 Å². The highest BCUT2D eigenvalue weighted by molar-refractivity contribution is 5.88. The third-order valence-electron chi connectivity index (χ3n) is 2.90. The topological polar surface area (TPSA) is 78.7 Å². The lowest BCUT2D eigenvalue weighted by Gasteiger charge is -2.01. The Morgan fingerprint density at radius 3 is 2.25 bits per heavy atom. The number of non-ortho nitro benzene ring substituents is 1. The highest BCUT2D eigenvalue weighted by atomic mass is 16.6. The molecule has 0 aliphatic heterocycles. The Balaban J connectivity index is 1.93. The van der Waals surface area contributed by atoms with E-state index in [2.05, 4.69) is 0 Å². The van der Waals surface area contributed by atoms with Crippen LogP contribution in [-0.2, 0) is 4.79 Å². The molecular weight excluding hydrogens is 310 g/mol.